The number of carbonyl (C=O) groups excluding carboxylic acids is 1. The first-order valence-electron chi connectivity index (χ1n) is 10.4. The first-order chi connectivity index (χ1) is 12.6. The molecule has 0 aromatic carbocycles. The van der Waals surface area contributed by atoms with E-state index in [-0.39, 0.29) is 12.3 Å². The monoisotopic (exact) mass is 369 g/mol. The van der Waals surface area contributed by atoms with Gasteiger partial charge in [0.15, 0.2) is 0 Å². The van der Waals surface area contributed by atoms with Crippen LogP contribution in [0.5, 0.6) is 0 Å². The lowest BCUT2D eigenvalue weighted by atomic mass is 10.1. The maximum Gasteiger partial charge on any atom is 0.248 e. The van der Waals surface area contributed by atoms with E-state index in [0.29, 0.717) is 6.42 Å². The topological polar surface area (TPSA) is 29.5 Å². The Hall–Kier alpha value is -1.16. The number of unbranched alkanes of at least 4 members (excludes halogenated alkanes) is 8. The van der Waals surface area contributed by atoms with E-state index in [1.54, 1.807) is 0 Å². The molecule has 0 saturated carbocycles. The summed E-state index contributed by atoms with van der Waals surface area (Å²) in [6.45, 7) is 2.23. The van der Waals surface area contributed by atoms with Crippen LogP contribution in [-0.4, -0.2) is 31.3 Å². The molecule has 0 aliphatic heterocycles. The van der Waals surface area contributed by atoms with Crippen molar-refractivity contribution in [3.63, 3.8) is 0 Å². The van der Waals surface area contributed by atoms with Crippen LogP contribution in [0.25, 0.3) is 0 Å². The molecule has 0 aliphatic carbocycles. The van der Waals surface area contributed by atoms with Crippen molar-refractivity contribution < 1.29 is 14.0 Å². The van der Waals surface area contributed by atoms with Gasteiger partial charge in [-0.25, -0.2) is 9.45 Å². The van der Waals surface area contributed by atoms with Crippen LogP contribution in [0, 0.1) is 0 Å². The predicted octanol–water partition coefficient (Wildman–Crippen LogP) is 6.55. The second-order valence-corrected chi connectivity index (χ2v) is 6.89. The van der Waals surface area contributed by atoms with Gasteiger partial charge in [-0.3, -0.25) is 9.63 Å². The molecule has 0 N–H and O–H groups in total. The number of carbonyl (C=O) groups is 1. The largest absolute Gasteiger partial charge is 0.275 e. The molecule has 26 heavy (non-hydrogen) atoms. The lowest BCUT2D eigenvalue weighted by Gasteiger charge is -2.15. The van der Waals surface area contributed by atoms with Gasteiger partial charge in [0, 0.05) is 7.05 Å². The quantitative estimate of drug-likeness (QED) is 0.165. The van der Waals surface area contributed by atoms with E-state index in [9.17, 15) is 9.18 Å². The Bertz CT molecular complexity index is 382. The number of hydrogen-bond donors (Lipinski definition) is 0. The van der Waals surface area contributed by atoms with Gasteiger partial charge >= 0.3 is 0 Å². The maximum atomic E-state index is 13.7. The summed E-state index contributed by atoms with van der Waals surface area (Å²) in [5, 5.41) is 1.09. The third-order valence-corrected chi connectivity index (χ3v) is 4.49. The summed E-state index contributed by atoms with van der Waals surface area (Å²) in [5.74, 6) is -0.303. The van der Waals surface area contributed by atoms with Crippen LogP contribution in [0.15, 0.2) is 24.3 Å². The van der Waals surface area contributed by atoms with Crippen molar-refractivity contribution in [3.8, 4) is 0 Å². The van der Waals surface area contributed by atoms with Crippen molar-refractivity contribution in [2.24, 2.45) is 0 Å². The Morgan fingerprint density at radius 3 is 2.15 bits per heavy atom. The van der Waals surface area contributed by atoms with E-state index in [1.807, 2.05) is 0 Å². The molecule has 0 aromatic heterocycles. The zero-order valence-electron chi connectivity index (χ0n) is 17.2. The Balaban J connectivity index is 3.40. The fraction of sp³-hybridized carbons (Fsp3) is 0.773. The molecule has 4 heteroatoms. The molecule has 0 radical (unpaired) electrons. The van der Waals surface area contributed by atoms with E-state index in [0.717, 1.165) is 37.2 Å². The maximum absolute atomic E-state index is 13.7. The average molecular weight is 370 g/mol. The lowest BCUT2D eigenvalue weighted by Crippen LogP contribution is -2.27. The number of halogens is 1. The highest BCUT2D eigenvalue weighted by molar-refractivity contribution is 5.75. The van der Waals surface area contributed by atoms with Gasteiger partial charge in [0.25, 0.3) is 0 Å². The van der Waals surface area contributed by atoms with E-state index in [1.165, 1.54) is 52.7 Å². The van der Waals surface area contributed by atoms with E-state index in [2.05, 4.69) is 31.2 Å². The van der Waals surface area contributed by atoms with Gasteiger partial charge in [-0.05, 0) is 38.5 Å². The molecule has 1 atom stereocenters. The highest BCUT2D eigenvalue weighted by atomic mass is 19.1. The van der Waals surface area contributed by atoms with Crippen molar-refractivity contribution in [1.29, 1.82) is 0 Å². The lowest BCUT2D eigenvalue weighted by molar-refractivity contribution is -0.169. The van der Waals surface area contributed by atoms with Gasteiger partial charge in [0.1, 0.15) is 6.17 Å². The highest BCUT2D eigenvalue weighted by Crippen LogP contribution is 2.13. The SMILES string of the molecule is CCCCCC=CCC=CCCCCCCCC(F)CC(=O)N(C)OC. The fourth-order valence-corrected chi connectivity index (χ4v) is 2.70. The fourth-order valence-electron chi connectivity index (χ4n) is 2.70. The molecule has 1 amide bonds. The molecule has 0 aromatic rings. The zero-order chi connectivity index (χ0) is 19.5. The van der Waals surface area contributed by atoms with E-state index >= 15 is 0 Å². The van der Waals surface area contributed by atoms with Crippen LogP contribution in [0.3, 0.4) is 0 Å². The first-order valence-corrected chi connectivity index (χ1v) is 10.4. The molecule has 0 bridgehead atoms. The summed E-state index contributed by atoms with van der Waals surface area (Å²) in [5.41, 5.74) is 0. The molecule has 0 rings (SSSR count). The van der Waals surface area contributed by atoms with Gasteiger partial charge in [0.2, 0.25) is 5.91 Å². The van der Waals surface area contributed by atoms with Crippen molar-refractivity contribution in [2.75, 3.05) is 14.2 Å². The number of hydrogen-bond acceptors (Lipinski definition) is 2. The van der Waals surface area contributed by atoms with E-state index in [4.69, 9.17) is 4.84 Å². The molecular formula is C22H40FNO2. The van der Waals surface area contributed by atoms with Gasteiger partial charge in [-0.1, -0.05) is 69.8 Å². The van der Waals surface area contributed by atoms with Crippen LogP contribution in [0.1, 0.15) is 90.4 Å². The third kappa shape index (κ3) is 16.3. The number of amides is 1. The highest BCUT2D eigenvalue weighted by Gasteiger charge is 2.15. The number of hydroxylamine groups is 2. The standard InChI is InChI=1S/C22H40FNO2/c1-4-5-6-7-8-9-10-11-12-13-14-15-16-17-18-19-21(23)20-22(25)24(2)26-3/h8-9,11-12,21H,4-7,10,13-20H2,1-3H3. The molecule has 0 fully saturated rings. The van der Waals surface area contributed by atoms with Crippen molar-refractivity contribution in [2.45, 2.75) is 96.6 Å². The normalized spacial score (nSPS) is 12.9. The van der Waals surface area contributed by atoms with Crippen molar-refractivity contribution >= 4 is 5.91 Å². The van der Waals surface area contributed by atoms with Crippen LogP contribution in [0.4, 0.5) is 4.39 Å². The number of alkyl halides is 1. The van der Waals surface area contributed by atoms with Crippen LogP contribution in [0.2, 0.25) is 0 Å². The molecule has 0 aliphatic rings. The molecule has 152 valence electrons. The number of allylic oxidation sites excluding steroid dienone is 4. The minimum Gasteiger partial charge on any atom is -0.275 e. The van der Waals surface area contributed by atoms with Crippen LogP contribution in [-0.2, 0) is 9.63 Å². The minimum atomic E-state index is -1.06. The number of rotatable bonds is 17. The van der Waals surface area contributed by atoms with Gasteiger partial charge in [0.05, 0.1) is 13.5 Å². The van der Waals surface area contributed by atoms with Gasteiger partial charge < -0.3 is 0 Å². The Morgan fingerprint density at radius 1 is 0.962 bits per heavy atom. The third-order valence-electron chi connectivity index (χ3n) is 4.49. The van der Waals surface area contributed by atoms with Crippen molar-refractivity contribution in [1.82, 2.24) is 5.06 Å². The summed E-state index contributed by atoms with van der Waals surface area (Å²) in [6, 6.07) is 0. The predicted molar refractivity (Wildman–Crippen MR) is 109 cm³/mol. The summed E-state index contributed by atoms with van der Waals surface area (Å²) < 4.78 is 13.7. The molecule has 3 nitrogen and oxygen atoms in total. The molecule has 0 spiro atoms. The second-order valence-electron chi connectivity index (χ2n) is 6.89. The molecular weight excluding hydrogens is 329 g/mol. The van der Waals surface area contributed by atoms with Gasteiger partial charge in [-0.2, -0.15) is 0 Å². The minimum absolute atomic E-state index is 0.0812. The Labute approximate surface area is 160 Å². The Kier molecular flexibility index (Phi) is 17.8. The summed E-state index contributed by atoms with van der Waals surface area (Å²) in [6.07, 6.45) is 21.1. The molecule has 0 saturated heterocycles. The zero-order valence-corrected chi connectivity index (χ0v) is 17.2. The van der Waals surface area contributed by atoms with Crippen LogP contribution < -0.4 is 0 Å². The average Bonchev–Trinajstić information content (AvgIpc) is 2.64. The summed E-state index contributed by atoms with van der Waals surface area (Å²) in [7, 11) is 2.92. The molecule has 0 heterocycles. The van der Waals surface area contributed by atoms with Gasteiger partial charge in [-0.15, -0.1) is 0 Å². The number of nitrogens with zero attached hydrogens (tertiary/aromatic N) is 1. The van der Waals surface area contributed by atoms with Crippen LogP contribution >= 0.6 is 0 Å². The summed E-state index contributed by atoms with van der Waals surface area (Å²) >= 11 is 0. The Morgan fingerprint density at radius 2 is 1.54 bits per heavy atom. The second kappa shape index (κ2) is 18.6. The molecule has 1 unspecified atom stereocenters. The van der Waals surface area contributed by atoms with Crippen molar-refractivity contribution in [3.05, 3.63) is 24.3 Å². The first kappa shape index (κ1) is 24.8. The summed E-state index contributed by atoms with van der Waals surface area (Å²) in [4.78, 5) is 16.2. The van der Waals surface area contributed by atoms with E-state index < -0.39 is 6.17 Å². The smallest absolute Gasteiger partial charge is 0.248 e.